The van der Waals surface area contributed by atoms with E-state index in [9.17, 15) is 4.79 Å². The molecule has 0 heterocycles. The van der Waals surface area contributed by atoms with Gasteiger partial charge in [-0.2, -0.15) is 0 Å². The van der Waals surface area contributed by atoms with E-state index in [1.807, 2.05) is 33.0 Å². The zero-order valence-corrected chi connectivity index (χ0v) is 8.46. The van der Waals surface area contributed by atoms with Crippen molar-refractivity contribution in [2.24, 2.45) is 0 Å². The van der Waals surface area contributed by atoms with Crippen LogP contribution in [0.2, 0.25) is 0 Å². The van der Waals surface area contributed by atoms with Crippen LogP contribution in [-0.2, 0) is 9.53 Å². The summed E-state index contributed by atoms with van der Waals surface area (Å²) in [6, 6.07) is 0. The molecule has 0 amide bonds. The molecule has 0 atom stereocenters. The lowest BCUT2D eigenvalue weighted by molar-refractivity contribution is -0.110. The van der Waals surface area contributed by atoms with Crippen molar-refractivity contribution < 1.29 is 9.53 Å². The molecule has 74 valence electrons. The van der Waals surface area contributed by atoms with Crippen molar-refractivity contribution in [3.8, 4) is 0 Å². The molecule has 3 nitrogen and oxygen atoms in total. The van der Waals surface area contributed by atoms with Crippen LogP contribution in [0.15, 0.2) is 23.6 Å². The number of likely N-dealkylation sites (N-methyl/N-ethyl adjacent to an activating group) is 1. The maximum absolute atomic E-state index is 10.1. The van der Waals surface area contributed by atoms with Crippen molar-refractivity contribution in [3.05, 3.63) is 23.6 Å². The second-order valence-electron chi connectivity index (χ2n) is 2.42. The molecular weight excluding hydrogens is 166 g/mol. The van der Waals surface area contributed by atoms with Gasteiger partial charge in [-0.25, -0.2) is 0 Å². The second kappa shape index (κ2) is 7.40. The fourth-order valence-electron chi connectivity index (χ4n) is 0.987. The number of rotatable bonds is 6. The summed E-state index contributed by atoms with van der Waals surface area (Å²) >= 11 is 0. The van der Waals surface area contributed by atoms with Crippen LogP contribution in [0.4, 0.5) is 0 Å². The van der Waals surface area contributed by atoms with E-state index >= 15 is 0 Å². The SMILES string of the molecule is C/C=C\C(NC)=C(/CC)OCC=O. The average molecular weight is 183 g/mol. The number of hydrogen-bond donors (Lipinski definition) is 1. The highest BCUT2D eigenvalue weighted by atomic mass is 16.5. The Morgan fingerprint density at radius 2 is 2.23 bits per heavy atom. The van der Waals surface area contributed by atoms with Gasteiger partial charge in [0.2, 0.25) is 0 Å². The summed E-state index contributed by atoms with van der Waals surface area (Å²) in [5.74, 6) is 0.813. The molecule has 0 aromatic heterocycles. The first-order chi connectivity index (χ1) is 6.29. The van der Waals surface area contributed by atoms with E-state index in [-0.39, 0.29) is 6.61 Å². The normalized spacial score (nSPS) is 12.5. The van der Waals surface area contributed by atoms with Crippen molar-refractivity contribution in [3.63, 3.8) is 0 Å². The number of nitrogens with one attached hydrogen (secondary N) is 1. The second-order valence-corrected chi connectivity index (χ2v) is 2.42. The van der Waals surface area contributed by atoms with E-state index in [4.69, 9.17) is 4.74 Å². The van der Waals surface area contributed by atoms with Gasteiger partial charge in [-0.05, 0) is 13.0 Å². The maximum Gasteiger partial charge on any atom is 0.157 e. The van der Waals surface area contributed by atoms with Gasteiger partial charge in [0.1, 0.15) is 12.4 Å². The van der Waals surface area contributed by atoms with Gasteiger partial charge in [0.25, 0.3) is 0 Å². The molecule has 0 radical (unpaired) electrons. The van der Waals surface area contributed by atoms with Crippen LogP contribution in [0.25, 0.3) is 0 Å². The molecule has 0 saturated heterocycles. The lowest BCUT2D eigenvalue weighted by Gasteiger charge is -2.10. The van der Waals surface area contributed by atoms with Crippen LogP contribution >= 0.6 is 0 Å². The fraction of sp³-hybridized carbons (Fsp3) is 0.500. The summed E-state index contributed by atoms with van der Waals surface area (Å²) in [7, 11) is 1.83. The van der Waals surface area contributed by atoms with Gasteiger partial charge in [-0.1, -0.05) is 13.0 Å². The van der Waals surface area contributed by atoms with Crippen molar-refractivity contribution in [1.29, 1.82) is 0 Å². The molecule has 0 unspecified atom stereocenters. The van der Waals surface area contributed by atoms with Gasteiger partial charge in [-0.3, -0.25) is 4.79 Å². The molecule has 0 rings (SSSR count). The number of hydrogen-bond acceptors (Lipinski definition) is 3. The Balaban J connectivity index is 4.49. The summed E-state index contributed by atoms with van der Waals surface area (Å²) < 4.78 is 5.24. The summed E-state index contributed by atoms with van der Waals surface area (Å²) in [4.78, 5) is 10.1. The van der Waals surface area contributed by atoms with Crippen LogP contribution in [0.5, 0.6) is 0 Å². The number of carbonyl (C=O) groups excluding carboxylic acids is 1. The predicted octanol–water partition coefficient (Wildman–Crippen LogP) is 1.62. The van der Waals surface area contributed by atoms with E-state index in [0.29, 0.717) is 0 Å². The van der Waals surface area contributed by atoms with Gasteiger partial charge in [0, 0.05) is 13.5 Å². The first-order valence-electron chi connectivity index (χ1n) is 4.40. The minimum atomic E-state index is 0.117. The molecule has 3 heteroatoms. The predicted molar refractivity (Wildman–Crippen MR) is 53.2 cm³/mol. The molecule has 0 saturated carbocycles. The molecule has 0 fully saturated rings. The summed E-state index contributed by atoms with van der Waals surface area (Å²) in [5.41, 5.74) is 0.923. The smallest absolute Gasteiger partial charge is 0.157 e. The van der Waals surface area contributed by atoms with Crippen molar-refractivity contribution >= 4 is 6.29 Å². The van der Waals surface area contributed by atoms with Crippen LogP contribution in [0, 0.1) is 0 Å². The molecule has 0 bridgehead atoms. The minimum absolute atomic E-state index is 0.117. The van der Waals surface area contributed by atoms with Crippen LogP contribution in [-0.4, -0.2) is 19.9 Å². The zero-order valence-electron chi connectivity index (χ0n) is 8.46. The standard InChI is InChI=1S/C10H17NO2/c1-4-6-9(11-3)10(5-2)13-8-7-12/h4,6-7,11H,5,8H2,1-3H3/b6-4-,10-9-. The van der Waals surface area contributed by atoms with Crippen molar-refractivity contribution in [2.45, 2.75) is 20.3 Å². The number of aldehydes is 1. The van der Waals surface area contributed by atoms with Gasteiger partial charge in [0.15, 0.2) is 6.29 Å². The van der Waals surface area contributed by atoms with Gasteiger partial charge >= 0.3 is 0 Å². The third kappa shape index (κ3) is 4.35. The van der Waals surface area contributed by atoms with Crippen LogP contribution in [0.1, 0.15) is 20.3 Å². The van der Waals surface area contributed by atoms with Gasteiger partial charge in [0.05, 0.1) is 5.70 Å². The highest BCUT2D eigenvalue weighted by Crippen LogP contribution is 2.08. The first-order valence-corrected chi connectivity index (χ1v) is 4.40. The Kier molecular flexibility index (Phi) is 6.69. The van der Waals surface area contributed by atoms with E-state index in [1.165, 1.54) is 0 Å². The van der Waals surface area contributed by atoms with Gasteiger partial charge in [-0.15, -0.1) is 0 Å². The van der Waals surface area contributed by atoms with E-state index in [1.54, 1.807) is 0 Å². The van der Waals surface area contributed by atoms with E-state index in [0.717, 1.165) is 24.2 Å². The van der Waals surface area contributed by atoms with E-state index in [2.05, 4.69) is 5.32 Å². The molecule has 0 spiro atoms. The Morgan fingerprint density at radius 3 is 2.62 bits per heavy atom. The monoisotopic (exact) mass is 183 g/mol. The van der Waals surface area contributed by atoms with Crippen molar-refractivity contribution in [2.75, 3.05) is 13.7 Å². The lowest BCUT2D eigenvalue weighted by Crippen LogP contribution is -2.09. The summed E-state index contributed by atoms with van der Waals surface area (Å²) in [6.45, 7) is 4.04. The Labute approximate surface area is 79.5 Å². The van der Waals surface area contributed by atoms with Crippen molar-refractivity contribution in [1.82, 2.24) is 5.32 Å². The largest absolute Gasteiger partial charge is 0.488 e. The first kappa shape index (κ1) is 11.8. The third-order valence-electron chi connectivity index (χ3n) is 1.55. The molecule has 0 aliphatic rings. The minimum Gasteiger partial charge on any atom is -0.488 e. The van der Waals surface area contributed by atoms with E-state index < -0.39 is 0 Å². The fourth-order valence-corrected chi connectivity index (χ4v) is 0.987. The molecular formula is C10H17NO2. The van der Waals surface area contributed by atoms with Crippen LogP contribution in [0.3, 0.4) is 0 Å². The van der Waals surface area contributed by atoms with Gasteiger partial charge < -0.3 is 10.1 Å². The maximum atomic E-state index is 10.1. The summed E-state index contributed by atoms with van der Waals surface area (Å²) in [6.07, 6.45) is 5.36. The third-order valence-corrected chi connectivity index (χ3v) is 1.55. The zero-order chi connectivity index (χ0) is 10.1. The lowest BCUT2D eigenvalue weighted by atomic mass is 10.3. The molecule has 0 aromatic carbocycles. The molecule has 0 aliphatic carbocycles. The highest BCUT2D eigenvalue weighted by molar-refractivity contribution is 5.50. The number of allylic oxidation sites excluding steroid dienone is 3. The number of ether oxygens (including phenoxy) is 1. The summed E-state index contributed by atoms with van der Waals surface area (Å²) in [5, 5.41) is 3.01. The Hall–Kier alpha value is -1.25. The Morgan fingerprint density at radius 1 is 1.54 bits per heavy atom. The number of carbonyl (C=O) groups is 1. The topological polar surface area (TPSA) is 38.3 Å². The quantitative estimate of drug-likeness (QED) is 0.386. The molecule has 0 aromatic rings. The average Bonchev–Trinajstić information content (AvgIpc) is 2.17. The molecule has 1 N–H and O–H groups in total. The Bertz CT molecular complexity index is 207. The van der Waals surface area contributed by atoms with Crippen LogP contribution < -0.4 is 5.32 Å². The highest BCUT2D eigenvalue weighted by Gasteiger charge is 2.00. The molecule has 0 aliphatic heterocycles. The molecule has 13 heavy (non-hydrogen) atoms.